The van der Waals surface area contributed by atoms with Gasteiger partial charge in [-0.05, 0) is 13.3 Å². The molecule has 2 fully saturated rings. The quantitative estimate of drug-likeness (QED) is 0.434. The van der Waals surface area contributed by atoms with Crippen LogP contribution in [0.4, 0.5) is 4.79 Å². The Morgan fingerprint density at radius 2 is 1.75 bits per heavy atom. The standard InChI is InChI=1S/C9H10Cl2N2O3/c1-2-12-6(14)7(15)13(8(12)16)4-5-3-9(5,10)11/h5H,2-4H2,1H3/t5-/m0/s1. The lowest BCUT2D eigenvalue weighted by atomic mass is 10.4. The first-order valence-corrected chi connectivity index (χ1v) is 5.69. The maximum absolute atomic E-state index is 11.7. The van der Waals surface area contributed by atoms with E-state index in [1.54, 1.807) is 6.92 Å². The number of likely N-dealkylation sites (N-methyl/N-ethyl adjacent to an activating group) is 1. The molecule has 2 rings (SSSR count). The van der Waals surface area contributed by atoms with Crippen LogP contribution in [0.3, 0.4) is 0 Å². The van der Waals surface area contributed by atoms with Gasteiger partial charge in [-0.3, -0.25) is 19.4 Å². The second-order valence-corrected chi connectivity index (χ2v) is 5.45. The molecule has 0 aromatic carbocycles. The molecule has 1 saturated carbocycles. The zero-order valence-electron chi connectivity index (χ0n) is 8.57. The van der Waals surface area contributed by atoms with Gasteiger partial charge in [-0.1, -0.05) is 0 Å². The molecule has 2 aliphatic rings. The number of alkyl halides is 2. The number of rotatable bonds is 3. The van der Waals surface area contributed by atoms with Crippen molar-refractivity contribution in [2.24, 2.45) is 5.92 Å². The molecule has 1 atom stereocenters. The molecule has 1 heterocycles. The molecule has 0 radical (unpaired) electrons. The van der Waals surface area contributed by atoms with E-state index in [4.69, 9.17) is 23.2 Å². The summed E-state index contributed by atoms with van der Waals surface area (Å²) >= 11 is 11.6. The molecule has 88 valence electrons. The molecule has 1 saturated heterocycles. The summed E-state index contributed by atoms with van der Waals surface area (Å²) in [5, 5.41) is 0. The van der Waals surface area contributed by atoms with Crippen LogP contribution in [0.15, 0.2) is 0 Å². The largest absolute Gasteiger partial charge is 0.334 e. The predicted molar refractivity (Wildman–Crippen MR) is 57.0 cm³/mol. The normalized spacial score (nSPS) is 27.9. The van der Waals surface area contributed by atoms with Crippen LogP contribution < -0.4 is 0 Å². The second kappa shape index (κ2) is 3.60. The molecular formula is C9H10Cl2N2O3. The summed E-state index contributed by atoms with van der Waals surface area (Å²) in [5.74, 6) is -1.70. The third kappa shape index (κ3) is 1.68. The van der Waals surface area contributed by atoms with Crippen LogP contribution in [0.1, 0.15) is 13.3 Å². The zero-order chi connectivity index (χ0) is 12.1. The fourth-order valence-corrected chi connectivity index (χ4v) is 2.19. The highest BCUT2D eigenvalue weighted by Crippen LogP contribution is 2.53. The molecule has 1 aliphatic heterocycles. The Hall–Kier alpha value is -0.810. The van der Waals surface area contributed by atoms with Crippen LogP contribution in [-0.4, -0.2) is 45.1 Å². The van der Waals surface area contributed by atoms with Crippen molar-refractivity contribution in [2.75, 3.05) is 13.1 Å². The highest BCUT2D eigenvalue weighted by atomic mass is 35.5. The number of hydrogen-bond acceptors (Lipinski definition) is 3. The number of halogens is 2. The van der Waals surface area contributed by atoms with Crippen molar-refractivity contribution in [3.63, 3.8) is 0 Å². The van der Waals surface area contributed by atoms with E-state index in [2.05, 4.69) is 0 Å². The van der Waals surface area contributed by atoms with Gasteiger partial charge in [0.15, 0.2) is 0 Å². The van der Waals surface area contributed by atoms with Crippen molar-refractivity contribution in [1.29, 1.82) is 0 Å². The fourth-order valence-electron chi connectivity index (χ4n) is 1.68. The summed E-state index contributed by atoms with van der Waals surface area (Å²) in [6.45, 7) is 1.95. The summed E-state index contributed by atoms with van der Waals surface area (Å²) in [4.78, 5) is 36.3. The Morgan fingerprint density at radius 3 is 2.12 bits per heavy atom. The average Bonchev–Trinajstić information content (AvgIpc) is 2.75. The Morgan fingerprint density at radius 1 is 1.25 bits per heavy atom. The average molecular weight is 265 g/mol. The molecule has 1 aliphatic carbocycles. The minimum atomic E-state index is -0.858. The number of hydrogen-bond donors (Lipinski definition) is 0. The summed E-state index contributed by atoms with van der Waals surface area (Å²) in [5.41, 5.74) is 0. The molecule has 4 amide bonds. The maximum atomic E-state index is 11.7. The predicted octanol–water partition coefficient (Wildman–Crippen LogP) is 0.991. The van der Waals surface area contributed by atoms with Crippen molar-refractivity contribution < 1.29 is 14.4 Å². The van der Waals surface area contributed by atoms with Gasteiger partial charge in [0.25, 0.3) is 0 Å². The van der Waals surface area contributed by atoms with Gasteiger partial charge >= 0.3 is 17.8 Å². The molecule has 5 nitrogen and oxygen atoms in total. The highest BCUT2D eigenvalue weighted by molar-refractivity contribution is 6.51. The molecule has 0 N–H and O–H groups in total. The van der Waals surface area contributed by atoms with Crippen LogP contribution in [0, 0.1) is 5.92 Å². The van der Waals surface area contributed by atoms with Crippen molar-refractivity contribution in [3.8, 4) is 0 Å². The molecule has 0 bridgehead atoms. The summed E-state index contributed by atoms with van der Waals surface area (Å²) < 4.78 is -0.858. The lowest BCUT2D eigenvalue weighted by Gasteiger charge is -2.13. The van der Waals surface area contributed by atoms with Gasteiger partial charge in [-0.2, -0.15) is 0 Å². The van der Waals surface area contributed by atoms with Crippen LogP contribution in [0.25, 0.3) is 0 Å². The number of nitrogens with zero attached hydrogens (tertiary/aromatic N) is 2. The number of urea groups is 1. The first-order chi connectivity index (χ1) is 7.38. The Bertz CT molecular complexity index is 383. The highest BCUT2D eigenvalue weighted by Gasteiger charge is 2.55. The van der Waals surface area contributed by atoms with E-state index in [1.165, 1.54) is 0 Å². The van der Waals surface area contributed by atoms with Crippen LogP contribution in [0.5, 0.6) is 0 Å². The van der Waals surface area contributed by atoms with Crippen molar-refractivity contribution >= 4 is 41.0 Å². The minimum absolute atomic E-state index is 0.118. The van der Waals surface area contributed by atoms with Gasteiger partial charge in [0.1, 0.15) is 4.33 Å². The summed E-state index contributed by atoms with van der Waals surface area (Å²) in [7, 11) is 0. The van der Waals surface area contributed by atoms with E-state index in [-0.39, 0.29) is 19.0 Å². The number of carbonyl (C=O) groups is 3. The number of carbonyl (C=O) groups excluding carboxylic acids is 3. The van der Waals surface area contributed by atoms with Crippen LogP contribution in [-0.2, 0) is 9.59 Å². The SMILES string of the molecule is CCN1C(=O)C(=O)N(C[C@@H]2CC2(Cl)Cl)C1=O. The molecule has 0 unspecified atom stereocenters. The Labute approximate surface area is 102 Å². The molecule has 0 spiro atoms. The summed E-state index contributed by atoms with van der Waals surface area (Å²) in [6.07, 6.45) is 0.535. The molecule has 7 heteroatoms. The van der Waals surface area contributed by atoms with E-state index < -0.39 is 22.2 Å². The lowest BCUT2D eigenvalue weighted by Crippen LogP contribution is -2.35. The van der Waals surface area contributed by atoms with Gasteiger partial charge in [0, 0.05) is 19.0 Å². The van der Waals surface area contributed by atoms with Gasteiger partial charge in [-0.25, -0.2) is 4.79 Å². The molecular weight excluding hydrogens is 255 g/mol. The number of imide groups is 2. The van der Waals surface area contributed by atoms with Crippen molar-refractivity contribution in [2.45, 2.75) is 17.7 Å². The van der Waals surface area contributed by atoms with Crippen molar-refractivity contribution in [3.05, 3.63) is 0 Å². The Balaban J connectivity index is 2.08. The zero-order valence-corrected chi connectivity index (χ0v) is 10.1. The topological polar surface area (TPSA) is 57.7 Å². The summed E-state index contributed by atoms with van der Waals surface area (Å²) in [6, 6.07) is -0.575. The van der Waals surface area contributed by atoms with E-state index >= 15 is 0 Å². The molecule has 0 aromatic heterocycles. The molecule has 16 heavy (non-hydrogen) atoms. The number of amides is 4. The lowest BCUT2D eigenvalue weighted by molar-refractivity contribution is -0.143. The van der Waals surface area contributed by atoms with E-state index in [1.807, 2.05) is 0 Å². The van der Waals surface area contributed by atoms with E-state index in [0.717, 1.165) is 9.80 Å². The first-order valence-electron chi connectivity index (χ1n) is 4.93. The fraction of sp³-hybridized carbons (Fsp3) is 0.667. The van der Waals surface area contributed by atoms with E-state index in [0.29, 0.717) is 6.42 Å². The minimum Gasteiger partial charge on any atom is -0.263 e. The van der Waals surface area contributed by atoms with Gasteiger partial charge in [0.2, 0.25) is 0 Å². The smallest absolute Gasteiger partial charge is 0.263 e. The second-order valence-electron chi connectivity index (χ2n) is 3.91. The maximum Gasteiger partial charge on any atom is 0.334 e. The third-order valence-electron chi connectivity index (χ3n) is 2.81. The monoisotopic (exact) mass is 264 g/mol. The van der Waals surface area contributed by atoms with Gasteiger partial charge < -0.3 is 0 Å². The van der Waals surface area contributed by atoms with Gasteiger partial charge in [-0.15, -0.1) is 23.2 Å². The third-order valence-corrected chi connectivity index (χ3v) is 3.74. The first kappa shape index (κ1) is 11.7. The molecule has 0 aromatic rings. The van der Waals surface area contributed by atoms with Crippen LogP contribution >= 0.6 is 23.2 Å². The van der Waals surface area contributed by atoms with Gasteiger partial charge in [0.05, 0.1) is 0 Å². The Kier molecular flexibility index (Phi) is 2.62. The van der Waals surface area contributed by atoms with Crippen molar-refractivity contribution in [1.82, 2.24) is 9.80 Å². The van der Waals surface area contributed by atoms with Crippen LogP contribution in [0.2, 0.25) is 0 Å². The van der Waals surface area contributed by atoms with E-state index in [9.17, 15) is 14.4 Å².